The van der Waals surface area contributed by atoms with Gasteiger partial charge in [0, 0.05) is 55.7 Å². The average Bonchev–Trinajstić information content (AvgIpc) is 3.35. The van der Waals surface area contributed by atoms with E-state index < -0.39 is 0 Å². The van der Waals surface area contributed by atoms with Crippen molar-refractivity contribution in [3.8, 4) is 0 Å². The Hall–Kier alpha value is -4.39. The molecule has 5 aromatic rings. The van der Waals surface area contributed by atoms with Gasteiger partial charge in [0.25, 0.3) is 5.91 Å². The molecule has 0 aliphatic heterocycles. The van der Waals surface area contributed by atoms with Crippen LogP contribution in [0.1, 0.15) is 41.6 Å². The normalized spacial score (nSPS) is 17.1. The Bertz CT molecular complexity index is 1620. The maximum atomic E-state index is 13.4. The molecule has 2 heterocycles. The number of benzene rings is 3. The number of rotatable bonds is 8. The highest BCUT2D eigenvalue weighted by molar-refractivity contribution is 6.07. The summed E-state index contributed by atoms with van der Waals surface area (Å²) < 4.78 is 2.18. The van der Waals surface area contributed by atoms with Crippen molar-refractivity contribution in [3.63, 3.8) is 0 Å². The summed E-state index contributed by atoms with van der Waals surface area (Å²) in [5.41, 5.74) is 3.99. The lowest BCUT2D eigenvalue weighted by atomic mass is 9.86. The molecule has 0 saturated heterocycles. The fourth-order valence-electron chi connectivity index (χ4n) is 5.83. The van der Waals surface area contributed by atoms with Crippen LogP contribution in [0.15, 0.2) is 85.1 Å². The van der Waals surface area contributed by atoms with E-state index in [1.807, 2.05) is 67.7 Å². The standard InChI is InChI=1S/C33H36N6O/c1-38(2)31-27-13-6-8-14-29(27)36-33(37-31)34-20-23-16-18-25(19-17-23)35-32(40)28-22-39(21-24-10-4-3-5-11-24)30-15-9-7-12-26(28)30/h3-15,22-23,25H,16-21H2,1-2H3,(H,35,40)(H,34,36,37). The number of hydrogen-bond donors (Lipinski definition) is 2. The fourth-order valence-corrected chi connectivity index (χ4v) is 5.83. The summed E-state index contributed by atoms with van der Waals surface area (Å²) in [6, 6.07) is 26.9. The van der Waals surface area contributed by atoms with E-state index in [1.54, 1.807) is 0 Å². The zero-order valence-electron chi connectivity index (χ0n) is 23.2. The maximum absolute atomic E-state index is 13.4. The average molecular weight is 533 g/mol. The Morgan fingerprint density at radius 2 is 1.57 bits per heavy atom. The zero-order chi connectivity index (χ0) is 27.5. The smallest absolute Gasteiger partial charge is 0.253 e. The molecule has 2 N–H and O–H groups in total. The summed E-state index contributed by atoms with van der Waals surface area (Å²) >= 11 is 0. The van der Waals surface area contributed by atoms with E-state index in [-0.39, 0.29) is 11.9 Å². The molecule has 1 aliphatic carbocycles. The highest BCUT2D eigenvalue weighted by Gasteiger charge is 2.24. The first-order valence-electron chi connectivity index (χ1n) is 14.2. The van der Waals surface area contributed by atoms with Crippen molar-refractivity contribution in [2.24, 2.45) is 5.92 Å². The SMILES string of the molecule is CN(C)c1nc(NCC2CCC(NC(=O)c3cn(Cc4ccccc4)c4ccccc34)CC2)nc2ccccc12. The van der Waals surface area contributed by atoms with Crippen molar-refractivity contribution in [1.82, 2.24) is 19.9 Å². The minimum atomic E-state index is 0.0189. The summed E-state index contributed by atoms with van der Waals surface area (Å²) in [5.74, 6) is 2.14. The number of nitrogens with one attached hydrogen (secondary N) is 2. The fraction of sp³-hybridized carbons (Fsp3) is 0.303. The second kappa shape index (κ2) is 11.4. The number of para-hydroxylation sites is 2. The van der Waals surface area contributed by atoms with E-state index in [0.29, 0.717) is 11.9 Å². The summed E-state index contributed by atoms with van der Waals surface area (Å²) in [6.07, 6.45) is 6.07. The molecule has 1 saturated carbocycles. The lowest BCUT2D eigenvalue weighted by Crippen LogP contribution is -2.38. The van der Waals surface area contributed by atoms with E-state index in [4.69, 9.17) is 9.97 Å². The second-order valence-electron chi connectivity index (χ2n) is 11.0. The number of fused-ring (bicyclic) bond motifs is 2. The van der Waals surface area contributed by atoms with Gasteiger partial charge in [-0.1, -0.05) is 60.7 Å². The first kappa shape index (κ1) is 25.9. The van der Waals surface area contributed by atoms with Gasteiger partial charge >= 0.3 is 0 Å². The van der Waals surface area contributed by atoms with Gasteiger partial charge in [-0.25, -0.2) is 4.98 Å². The summed E-state index contributed by atoms with van der Waals surface area (Å²) in [7, 11) is 4.02. The monoisotopic (exact) mass is 532 g/mol. The minimum absolute atomic E-state index is 0.0189. The molecule has 0 atom stereocenters. The molecule has 3 aromatic carbocycles. The molecular weight excluding hydrogens is 496 g/mol. The molecule has 7 nitrogen and oxygen atoms in total. The molecular formula is C33H36N6O. The van der Waals surface area contributed by atoms with Gasteiger partial charge in [-0.15, -0.1) is 0 Å². The number of aromatic nitrogens is 3. The minimum Gasteiger partial charge on any atom is -0.362 e. The van der Waals surface area contributed by atoms with E-state index in [2.05, 4.69) is 51.6 Å². The number of carbonyl (C=O) groups is 1. The number of anilines is 2. The lowest BCUT2D eigenvalue weighted by molar-refractivity contribution is 0.0924. The number of hydrogen-bond acceptors (Lipinski definition) is 5. The zero-order valence-corrected chi connectivity index (χ0v) is 23.2. The van der Waals surface area contributed by atoms with E-state index >= 15 is 0 Å². The van der Waals surface area contributed by atoms with Crippen molar-refractivity contribution in [2.45, 2.75) is 38.3 Å². The third kappa shape index (κ3) is 5.50. The summed E-state index contributed by atoms with van der Waals surface area (Å²) in [5, 5.41) is 8.88. The Kier molecular flexibility index (Phi) is 7.36. The quantitative estimate of drug-likeness (QED) is 0.253. The van der Waals surface area contributed by atoms with Crippen LogP contribution in [-0.2, 0) is 6.54 Å². The second-order valence-corrected chi connectivity index (χ2v) is 11.0. The van der Waals surface area contributed by atoms with Gasteiger partial charge in [0.05, 0.1) is 11.1 Å². The van der Waals surface area contributed by atoms with Crippen LogP contribution >= 0.6 is 0 Å². The van der Waals surface area contributed by atoms with Gasteiger partial charge in [0.1, 0.15) is 5.82 Å². The molecule has 1 fully saturated rings. The molecule has 7 heteroatoms. The predicted molar refractivity (Wildman–Crippen MR) is 163 cm³/mol. The highest BCUT2D eigenvalue weighted by atomic mass is 16.1. The van der Waals surface area contributed by atoms with Crippen LogP contribution in [0.3, 0.4) is 0 Å². The van der Waals surface area contributed by atoms with Gasteiger partial charge in [0.2, 0.25) is 5.95 Å². The third-order valence-corrected chi connectivity index (χ3v) is 7.97. The van der Waals surface area contributed by atoms with Crippen LogP contribution in [0.25, 0.3) is 21.8 Å². The third-order valence-electron chi connectivity index (χ3n) is 7.97. The molecule has 0 radical (unpaired) electrons. The molecule has 204 valence electrons. The number of carbonyl (C=O) groups excluding carboxylic acids is 1. The molecule has 1 amide bonds. The number of amides is 1. The van der Waals surface area contributed by atoms with Crippen molar-refractivity contribution >= 4 is 39.5 Å². The predicted octanol–water partition coefficient (Wildman–Crippen LogP) is 6.10. The van der Waals surface area contributed by atoms with Crippen LogP contribution in [-0.4, -0.2) is 47.1 Å². The van der Waals surface area contributed by atoms with Crippen molar-refractivity contribution in [2.75, 3.05) is 30.9 Å². The Morgan fingerprint density at radius 3 is 2.35 bits per heavy atom. The van der Waals surface area contributed by atoms with Gasteiger partial charge in [-0.3, -0.25) is 4.79 Å². The van der Waals surface area contributed by atoms with Crippen molar-refractivity contribution in [3.05, 3.63) is 96.2 Å². The molecule has 6 rings (SSSR count). The molecule has 0 unspecified atom stereocenters. The van der Waals surface area contributed by atoms with Gasteiger partial charge < -0.3 is 20.1 Å². The van der Waals surface area contributed by atoms with Crippen LogP contribution in [0.5, 0.6) is 0 Å². The lowest BCUT2D eigenvalue weighted by Gasteiger charge is -2.29. The Morgan fingerprint density at radius 1 is 0.875 bits per heavy atom. The summed E-state index contributed by atoms with van der Waals surface area (Å²) in [6.45, 7) is 1.57. The van der Waals surface area contributed by atoms with Gasteiger partial charge in [-0.2, -0.15) is 4.98 Å². The molecule has 0 spiro atoms. The molecule has 2 aromatic heterocycles. The van der Waals surface area contributed by atoms with Gasteiger partial charge in [0.15, 0.2) is 0 Å². The van der Waals surface area contributed by atoms with Crippen molar-refractivity contribution < 1.29 is 4.79 Å². The summed E-state index contributed by atoms with van der Waals surface area (Å²) in [4.78, 5) is 25.0. The van der Waals surface area contributed by atoms with E-state index in [1.165, 1.54) is 5.56 Å². The van der Waals surface area contributed by atoms with Crippen LogP contribution in [0.4, 0.5) is 11.8 Å². The highest BCUT2D eigenvalue weighted by Crippen LogP contribution is 2.28. The van der Waals surface area contributed by atoms with E-state index in [0.717, 1.165) is 72.0 Å². The van der Waals surface area contributed by atoms with Crippen LogP contribution < -0.4 is 15.5 Å². The Balaban J connectivity index is 1.07. The Labute approximate surface area is 235 Å². The largest absolute Gasteiger partial charge is 0.362 e. The van der Waals surface area contributed by atoms with Crippen LogP contribution in [0, 0.1) is 5.92 Å². The maximum Gasteiger partial charge on any atom is 0.253 e. The van der Waals surface area contributed by atoms with Gasteiger partial charge in [-0.05, 0) is 55.4 Å². The van der Waals surface area contributed by atoms with Crippen molar-refractivity contribution in [1.29, 1.82) is 0 Å². The molecule has 0 bridgehead atoms. The molecule has 40 heavy (non-hydrogen) atoms. The topological polar surface area (TPSA) is 75.1 Å². The first-order chi connectivity index (χ1) is 19.5. The molecule has 1 aliphatic rings. The van der Waals surface area contributed by atoms with E-state index in [9.17, 15) is 4.79 Å². The first-order valence-corrected chi connectivity index (χ1v) is 14.2. The van der Waals surface area contributed by atoms with Crippen LogP contribution in [0.2, 0.25) is 0 Å². The number of nitrogens with zero attached hydrogens (tertiary/aromatic N) is 4.